The van der Waals surface area contributed by atoms with Gasteiger partial charge in [0.05, 0.1) is 27.2 Å². The SMILES string of the molecule is CC(Sc1ccc(NC(=O)/C(=C/c2ccco2)NC(=O)c2ccccc2)cc1)C(=O)Nc1cccc(Cl)c1Cl. The van der Waals surface area contributed by atoms with Crippen LogP contribution in [0.2, 0.25) is 10.0 Å². The van der Waals surface area contributed by atoms with E-state index in [9.17, 15) is 14.4 Å². The molecule has 7 nitrogen and oxygen atoms in total. The Labute approximate surface area is 239 Å². The highest BCUT2D eigenvalue weighted by atomic mass is 35.5. The lowest BCUT2D eigenvalue weighted by molar-refractivity contribution is -0.115. The number of hydrogen-bond donors (Lipinski definition) is 3. The van der Waals surface area contributed by atoms with Gasteiger partial charge in [0.15, 0.2) is 0 Å². The van der Waals surface area contributed by atoms with Crippen LogP contribution in [0.4, 0.5) is 11.4 Å². The Morgan fingerprint density at radius 3 is 2.31 bits per heavy atom. The van der Waals surface area contributed by atoms with Crippen molar-refractivity contribution in [3.05, 3.63) is 118 Å². The fourth-order valence-corrected chi connectivity index (χ4v) is 4.58. The standard InChI is InChI=1S/C29H23Cl2N3O4S/c1-18(27(35)33-24-11-5-10-23(30)26(24)31)39-22-14-12-20(13-15-22)32-29(37)25(17-21-9-6-16-38-21)34-28(36)19-7-3-2-4-8-19/h2-18H,1H3,(H,32,37)(H,33,35)(H,34,36)/b25-17-. The molecule has 3 aromatic carbocycles. The third-order valence-corrected chi connectivity index (χ3v) is 7.29. The first-order valence-electron chi connectivity index (χ1n) is 11.7. The quantitative estimate of drug-likeness (QED) is 0.145. The van der Waals surface area contributed by atoms with Gasteiger partial charge in [-0.3, -0.25) is 14.4 Å². The fraction of sp³-hybridized carbons (Fsp3) is 0.0690. The molecule has 39 heavy (non-hydrogen) atoms. The first-order chi connectivity index (χ1) is 18.8. The minimum Gasteiger partial charge on any atom is -0.465 e. The van der Waals surface area contributed by atoms with E-state index in [1.54, 1.807) is 91.9 Å². The van der Waals surface area contributed by atoms with Crippen LogP contribution < -0.4 is 16.0 Å². The first kappa shape index (κ1) is 28.0. The molecule has 0 saturated heterocycles. The van der Waals surface area contributed by atoms with E-state index in [1.165, 1.54) is 24.1 Å². The maximum absolute atomic E-state index is 13.1. The summed E-state index contributed by atoms with van der Waals surface area (Å²) in [5.74, 6) is -0.779. The monoisotopic (exact) mass is 579 g/mol. The lowest BCUT2D eigenvalue weighted by Crippen LogP contribution is -2.30. The van der Waals surface area contributed by atoms with E-state index in [0.717, 1.165) is 4.90 Å². The summed E-state index contributed by atoms with van der Waals surface area (Å²) in [6, 6.07) is 24.0. The summed E-state index contributed by atoms with van der Waals surface area (Å²) in [5.41, 5.74) is 1.37. The second kappa shape index (κ2) is 13.2. The summed E-state index contributed by atoms with van der Waals surface area (Å²) in [5, 5.41) is 8.42. The van der Waals surface area contributed by atoms with Gasteiger partial charge >= 0.3 is 0 Å². The average molecular weight is 580 g/mol. The zero-order valence-electron chi connectivity index (χ0n) is 20.6. The van der Waals surface area contributed by atoms with Gasteiger partial charge in [-0.1, -0.05) is 47.5 Å². The molecule has 10 heteroatoms. The summed E-state index contributed by atoms with van der Waals surface area (Å²) in [7, 11) is 0. The molecule has 1 unspecified atom stereocenters. The number of benzene rings is 3. The zero-order chi connectivity index (χ0) is 27.8. The number of thioether (sulfide) groups is 1. The van der Waals surface area contributed by atoms with E-state index in [1.807, 2.05) is 0 Å². The van der Waals surface area contributed by atoms with Crippen LogP contribution in [0.1, 0.15) is 23.0 Å². The van der Waals surface area contributed by atoms with Crippen molar-refractivity contribution >= 4 is 70.1 Å². The van der Waals surface area contributed by atoms with Crippen molar-refractivity contribution < 1.29 is 18.8 Å². The molecule has 0 saturated carbocycles. The molecule has 4 aromatic rings. The van der Waals surface area contributed by atoms with Gasteiger partial charge in [0.25, 0.3) is 11.8 Å². The minimum absolute atomic E-state index is 0.0159. The smallest absolute Gasteiger partial charge is 0.272 e. The summed E-state index contributed by atoms with van der Waals surface area (Å²) in [6.45, 7) is 1.77. The highest BCUT2D eigenvalue weighted by Crippen LogP contribution is 2.31. The van der Waals surface area contributed by atoms with Crippen LogP contribution in [0.15, 0.2) is 106 Å². The zero-order valence-corrected chi connectivity index (χ0v) is 22.9. The maximum Gasteiger partial charge on any atom is 0.272 e. The van der Waals surface area contributed by atoms with E-state index in [-0.39, 0.29) is 16.6 Å². The second-order valence-corrected chi connectivity index (χ2v) is 10.4. The number of halogens is 2. The normalized spacial score (nSPS) is 11.9. The van der Waals surface area contributed by atoms with Crippen LogP contribution in [0.5, 0.6) is 0 Å². The molecule has 1 heterocycles. The molecule has 0 bridgehead atoms. The maximum atomic E-state index is 13.1. The Hall–Kier alpha value is -3.98. The largest absolute Gasteiger partial charge is 0.465 e. The van der Waals surface area contributed by atoms with E-state index in [2.05, 4.69) is 16.0 Å². The van der Waals surface area contributed by atoms with Crippen molar-refractivity contribution in [1.29, 1.82) is 0 Å². The molecule has 4 rings (SSSR count). The average Bonchev–Trinajstić information content (AvgIpc) is 3.45. The van der Waals surface area contributed by atoms with Crippen molar-refractivity contribution in [3.8, 4) is 0 Å². The van der Waals surface area contributed by atoms with Crippen molar-refractivity contribution in [2.45, 2.75) is 17.1 Å². The van der Waals surface area contributed by atoms with Crippen LogP contribution in [-0.2, 0) is 9.59 Å². The molecular weight excluding hydrogens is 557 g/mol. The molecule has 1 atom stereocenters. The molecule has 0 aliphatic carbocycles. The van der Waals surface area contributed by atoms with Crippen LogP contribution in [0.3, 0.4) is 0 Å². The van der Waals surface area contributed by atoms with E-state index in [0.29, 0.717) is 27.7 Å². The Morgan fingerprint density at radius 1 is 0.872 bits per heavy atom. The van der Waals surface area contributed by atoms with Gasteiger partial charge in [-0.15, -0.1) is 11.8 Å². The second-order valence-electron chi connectivity index (χ2n) is 8.22. The molecule has 3 N–H and O–H groups in total. The number of furan rings is 1. The molecule has 0 aliphatic heterocycles. The molecule has 3 amide bonds. The van der Waals surface area contributed by atoms with Crippen LogP contribution in [-0.4, -0.2) is 23.0 Å². The number of nitrogens with one attached hydrogen (secondary N) is 3. The molecule has 0 fully saturated rings. The summed E-state index contributed by atoms with van der Waals surface area (Å²) in [4.78, 5) is 39.2. The van der Waals surface area contributed by atoms with Crippen molar-refractivity contribution in [3.63, 3.8) is 0 Å². The number of hydrogen-bond acceptors (Lipinski definition) is 5. The first-order valence-corrected chi connectivity index (χ1v) is 13.4. The van der Waals surface area contributed by atoms with Crippen LogP contribution in [0, 0.1) is 0 Å². The van der Waals surface area contributed by atoms with Crippen molar-refractivity contribution in [2.75, 3.05) is 10.6 Å². The molecular formula is C29H23Cl2N3O4S. The highest BCUT2D eigenvalue weighted by molar-refractivity contribution is 8.00. The summed E-state index contributed by atoms with van der Waals surface area (Å²) in [6.07, 6.45) is 2.93. The summed E-state index contributed by atoms with van der Waals surface area (Å²) >= 11 is 13.5. The van der Waals surface area contributed by atoms with Gasteiger partial charge in [0, 0.05) is 22.2 Å². The van der Waals surface area contributed by atoms with Gasteiger partial charge < -0.3 is 20.4 Å². The van der Waals surface area contributed by atoms with Gasteiger partial charge in [-0.05, 0) is 67.6 Å². The van der Waals surface area contributed by atoms with E-state index < -0.39 is 17.1 Å². The number of anilines is 2. The molecule has 0 aliphatic rings. The third-order valence-electron chi connectivity index (χ3n) is 5.36. The van der Waals surface area contributed by atoms with Gasteiger partial charge in [0.2, 0.25) is 5.91 Å². The third kappa shape index (κ3) is 7.77. The van der Waals surface area contributed by atoms with Crippen molar-refractivity contribution in [2.24, 2.45) is 0 Å². The van der Waals surface area contributed by atoms with Gasteiger partial charge in [0.1, 0.15) is 11.5 Å². The lowest BCUT2D eigenvalue weighted by Gasteiger charge is -2.14. The lowest BCUT2D eigenvalue weighted by atomic mass is 10.2. The highest BCUT2D eigenvalue weighted by Gasteiger charge is 2.18. The van der Waals surface area contributed by atoms with Crippen LogP contribution in [0.25, 0.3) is 6.08 Å². The van der Waals surface area contributed by atoms with Crippen LogP contribution >= 0.6 is 35.0 Å². The van der Waals surface area contributed by atoms with E-state index in [4.69, 9.17) is 27.6 Å². The number of rotatable bonds is 9. The molecule has 198 valence electrons. The molecule has 0 radical (unpaired) electrons. The van der Waals surface area contributed by atoms with E-state index >= 15 is 0 Å². The number of carbonyl (C=O) groups is 3. The summed E-state index contributed by atoms with van der Waals surface area (Å²) < 4.78 is 5.32. The predicted molar refractivity (Wildman–Crippen MR) is 156 cm³/mol. The van der Waals surface area contributed by atoms with Crippen molar-refractivity contribution in [1.82, 2.24) is 5.32 Å². The van der Waals surface area contributed by atoms with Gasteiger partial charge in [-0.25, -0.2) is 0 Å². The topological polar surface area (TPSA) is 100 Å². The Balaban J connectivity index is 1.40. The van der Waals surface area contributed by atoms with Gasteiger partial charge in [-0.2, -0.15) is 0 Å². The Morgan fingerprint density at radius 2 is 1.62 bits per heavy atom. The molecule has 0 spiro atoms. The minimum atomic E-state index is -0.526. The predicted octanol–water partition coefficient (Wildman–Crippen LogP) is 7.12. The number of carbonyl (C=O) groups excluding carboxylic acids is 3. The Kier molecular flexibility index (Phi) is 9.49. The Bertz CT molecular complexity index is 1490. The number of amides is 3. The molecule has 1 aromatic heterocycles. The fourth-order valence-electron chi connectivity index (χ4n) is 3.37.